The van der Waals surface area contributed by atoms with Crippen LogP contribution in [0.2, 0.25) is 0 Å². The van der Waals surface area contributed by atoms with Crippen molar-refractivity contribution in [1.82, 2.24) is 0 Å². The van der Waals surface area contributed by atoms with Crippen molar-refractivity contribution in [3.05, 3.63) is 0 Å². The van der Waals surface area contributed by atoms with Gasteiger partial charge in [0.15, 0.2) is 0 Å². The molecule has 1 saturated heterocycles. The summed E-state index contributed by atoms with van der Waals surface area (Å²) < 4.78 is 5.15. The highest BCUT2D eigenvalue weighted by molar-refractivity contribution is 5.78. The zero-order valence-electron chi connectivity index (χ0n) is 6.22. The normalized spacial score (nSPS) is 45.3. The topological polar surface area (TPSA) is 26.3 Å². The third-order valence-corrected chi connectivity index (χ3v) is 2.70. The first-order valence-electron chi connectivity index (χ1n) is 3.92. The van der Waals surface area contributed by atoms with Crippen molar-refractivity contribution in [1.29, 1.82) is 0 Å². The Morgan fingerprint density at radius 1 is 1.70 bits per heavy atom. The third-order valence-electron chi connectivity index (χ3n) is 2.70. The van der Waals surface area contributed by atoms with Gasteiger partial charge in [0.05, 0.1) is 5.41 Å². The highest BCUT2D eigenvalue weighted by atomic mass is 16.6. The van der Waals surface area contributed by atoms with E-state index in [-0.39, 0.29) is 17.5 Å². The highest BCUT2D eigenvalue weighted by Gasteiger charge is 2.47. The SMILES string of the molecule is C[C@@]12CCC[C@@H](C1)OC2=O. The molecule has 0 amide bonds. The summed E-state index contributed by atoms with van der Waals surface area (Å²) in [5.74, 6) is 0.0370. The predicted octanol–water partition coefficient (Wildman–Crippen LogP) is 1.49. The molecule has 0 spiro atoms. The second-order valence-electron chi connectivity index (χ2n) is 3.68. The van der Waals surface area contributed by atoms with Crippen LogP contribution in [0.15, 0.2) is 0 Å². The molecule has 2 atom stereocenters. The summed E-state index contributed by atoms with van der Waals surface area (Å²) >= 11 is 0. The highest BCUT2D eigenvalue weighted by Crippen LogP contribution is 2.43. The molecule has 2 aliphatic rings. The maximum absolute atomic E-state index is 11.2. The molecule has 2 rings (SSSR count). The number of carbonyl (C=O) groups excluding carboxylic acids is 1. The van der Waals surface area contributed by atoms with Crippen LogP contribution in [0.4, 0.5) is 0 Å². The minimum absolute atomic E-state index is 0.0370. The fraction of sp³-hybridized carbons (Fsp3) is 0.875. The third kappa shape index (κ3) is 0.678. The number of hydrogen-bond acceptors (Lipinski definition) is 2. The van der Waals surface area contributed by atoms with Crippen molar-refractivity contribution in [3.63, 3.8) is 0 Å². The monoisotopic (exact) mass is 140 g/mol. The molecule has 2 fully saturated rings. The van der Waals surface area contributed by atoms with Crippen LogP contribution < -0.4 is 0 Å². The maximum atomic E-state index is 11.2. The van der Waals surface area contributed by atoms with Crippen LogP contribution in [0.1, 0.15) is 32.6 Å². The van der Waals surface area contributed by atoms with Crippen LogP contribution in [-0.2, 0) is 9.53 Å². The van der Waals surface area contributed by atoms with Crippen molar-refractivity contribution in [2.75, 3.05) is 0 Å². The lowest BCUT2D eigenvalue weighted by Crippen LogP contribution is -2.23. The number of hydrogen-bond donors (Lipinski definition) is 0. The lowest BCUT2D eigenvalue weighted by Gasteiger charge is -2.22. The number of carbonyl (C=O) groups is 1. The van der Waals surface area contributed by atoms with Gasteiger partial charge in [0, 0.05) is 6.42 Å². The van der Waals surface area contributed by atoms with Gasteiger partial charge >= 0.3 is 5.97 Å². The van der Waals surface area contributed by atoms with Crippen LogP contribution >= 0.6 is 0 Å². The van der Waals surface area contributed by atoms with Crippen molar-refractivity contribution in [2.45, 2.75) is 38.7 Å². The van der Waals surface area contributed by atoms with Crippen LogP contribution in [0.3, 0.4) is 0 Å². The van der Waals surface area contributed by atoms with Crippen molar-refractivity contribution in [2.24, 2.45) is 5.41 Å². The molecule has 2 bridgehead atoms. The van der Waals surface area contributed by atoms with E-state index in [9.17, 15) is 4.79 Å². The molecule has 0 N–H and O–H groups in total. The van der Waals surface area contributed by atoms with Gasteiger partial charge in [0.2, 0.25) is 0 Å². The van der Waals surface area contributed by atoms with Gasteiger partial charge in [0.1, 0.15) is 6.10 Å². The minimum atomic E-state index is -0.108. The van der Waals surface area contributed by atoms with Gasteiger partial charge in [-0.15, -0.1) is 0 Å². The van der Waals surface area contributed by atoms with E-state index in [1.54, 1.807) is 0 Å². The van der Waals surface area contributed by atoms with E-state index in [1.165, 1.54) is 0 Å². The standard InChI is InChI=1S/C8H12O2/c1-8-4-2-3-6(5-8)10-7(8)9/h6H,2-5H2,1H3/t6-,8+/m0/s1. The van der Waals surface area contributed by atoms with E-state index in [4.69, 9.17) is 4.74 Å². The fourth-order valence-corrected chi connectivity index (χ4v) is 2.01. The molecule has 10 heavy (non-hydrogen) atoms. The Bertz CT molecular complexity index is 176. The molecule has 1 aliphatic heterocycles. The first-order valence-corrected chi connectivity index (χ1v) is 3.92. The molecule has 1 aliphatic carbocycles. The molecule has 2 heteroatoms. The molecule has 0 unspecified atom stereocenters. The Kier molecular flexibility index (Phi) is 1.08. The molecule has 0 aromatic heterocycles. The van der Waals surface area contributed by atoms with E-state index in [0.29, 0.717) is 0 Å². The number of rotatable bonds is 0. The minimum Gasteiger partial charge on any atom is -0.462 e. The summed E-state index contributed by atoms with van der Waals surface area (Å²) in [7, 11) is 0. The Balaban J connectivity index is 2.26. The zero-order valence-corrected chi connectivity index (χ0v) is 6.22. The summed E-state index contributed by atoms with van der Waals surface area (Å²) in [6.45, 7) is 2.02. The average molecular weight is 140 g/mol. The molecule has 1 heterocycles. The number of fused-ring (bicyclic) bond motifs is 2. The predicted molar refractivity (Wildman–Crippen MR) is 36.5 cm³/mol. The Hall–Kier alpha value is -0.530. The summed E-state index contributed by atoms with van der Waals surface area (Å²) in [6.07, 6.45) is 4.49. The van der Waals surface area contributed by atoms with Gasteiger partial charge < -0.3 is 4.74 Å². The molecule has 1 saturated carbocycles. The quantitative estimate of drug-likeness (QED) is 0.476. The van der Waals surface area contributed by atoms with E-state index < -0.39 is 0 Å². The molecule has 0 aromatic rings. The molecular formula is C8H12O2. The summed E-state index contributed by atoms with van der Waals surface area (Å²) in [6, 6.07) is 0. The van der Waals surface area contributed by atoms with Gasteiger partial charge in [-0.2, -0.15) is 0 Å². The van der Waals surface area contributed by atoms with Gasteiger partial charge in [-0.05, 0) is 26.2 Å². The number of ether oxygens (including phenoxy) is 1. The molecular weight excluding hydrogens is 128 g/mol. The summed E-state index contributed by atoms with van der Waals surface area (Å²) in [5.41, 5.74) is -0.108. The van der Waals surface area contributed by atoms with Gasteiger partial charge in [-0.3, -0.25) is 4.79 Å². The van der Waals surface area contributed by atoms with Crippen LogP contribution in [0.25, 0.3) is 0 Å². The van der Waals surface area contributed by atoms with Crippen molar-refractivity contribution >= 4 is 5.97 Å². The average Bonchev–Trinajstić information content (AvgIpc) is 2.04. The van der Waals surface area contributed by atoms with Crippen molar-refractivity contribution in [3.8, 4) is 0 Å². The lowest BCUT2D eigenvalue weighted by molar-refractivity contribution is -0.147. The van der Waals surface area contributed by atoms with Gasteiger partial charge in [-0.25, -0.2) is 0 Å². The zero-order chi connectivity index (χ0) is 7.19. The summed E-state index contributed by atoms with van der Waals surface area (Å²) in [4.78, 5) is 11.2. The van der Waals surface area contributed by atoms with Crippen LogP contribution in [-0.4, -0.2) is 12.1 Å². The molecule has 0 radical (unpaired) electrons. The second-order valence-corrected chi connectivity index (χ2v) is 3.68. The van der Waals surface area contributed by atoms with Crippen molar-refractivity contribution < 1.29 is 9.53 Å². The van der Waals surface area contributed by atoms with Crippen LogP contribution in [0.5, 0.6) is 0 Å². The largest absolute Gasteiger partial charge is 0.462 e. The van der Waals surface area contributed by atoms with Crippen LogP contribution in [0, 0.1) is 5.41 Å². The van der Waals surface area contributed by atoms with E-state index >= 15 is 0 Å². The van der Waals surface area contributed by atoms with Gasteiger partial charge in [0.25, 0.3) is 0 Å². The first kappa shape index (κ1) is 6.20. The first-order chi connectivity index (χ1) is 4.71. The molecule has 0 aromatic carbocycles. The van der Waals surface area contributed by atoms with E-state index in [0.717, 1.165) is 25.7 Å². The summed E-state index contributed by atoms with van der Waals surface area (Å²) in [5, 5.41) is 0. The number of esters is 1. The van der Waals surface area contributed by atoms with E-state index in [2.05, 4.69) is 0 Å². The van der Waals surface area contributed by atoms with Gasteiger partial charge in [-0.1, -0.05) is 0 Å². The molecule has 56 valence electrons. The Morgan fingerprint density at radius 2 is 2.50 bits per heavy atom. The second kappa shape index (κ2) is 1.74. The lowest BCUT2D eigenvalue weighted by atomic mass is 9.77. The smallest absolute Gasteiger partial charge is 0.312 e. The molecule has 2 nitrogen and oxygen atoms in total. The van der Waals surface area contributed by atoms with E-state index in [1.807, 2.05) is 6.92 Å². The fourth-order valence-electron chi connectivity index (χ4n) is 2.01. The Morgan fingerprint density at radius 3 is 3.10 bits per heavy atom. The maximum Gasteiger partial charge on any atom is 0.312 e. The Labute approximate surface area is 60.6 Å².